The van der Waals surface area contributed by atoms with Crippen molar-refractivity contribution in [3.05, 3.63) is 278 Å². The van der Waals surface area contributed by atoms with Gasteiger partial charge in [0.05, 0.1) is 45.2 Å². The summed E-state index contributed by atoms with van der Waals surface area (Å²) in [5.74, 6) is 0.833. The second kappa shape index (κ2) is 17.3. The molecule has 15 aromatic rings. The average Bonchev–Trinajstić information content (AvgIpc) is 4.32. The van der Waals surface area contributed by atoms with Crippen molar-refractivity contribution >= 4 is 61.1 Å². The SMILES string of the molecule is [C-]#[N+]c1c(-c2ccccc2)c(-c2ccc3cc4n(-c5ccccc5)c5ccc(-c6ccccc6)cc5n4c3c2)cc(-c2ccc3nc4n(-c5ccccc5)c5ccc(-c6ccccc6)cc5n4c3c2)c1-c1ccccc1. The molecule has 0 saturated heterocycles. The number of para-hydroxylation sites is 2. The maximum Gasteiger partial charge on any atom is 0.220 e. The molecule has 6 heteroatoms. The van der Waals surface area contributed by atoms with Crippen molar-refractivity contribution in [1.29, 1.82) is 0 Å². The van der Waals surface area contributed by atoms with E-state index in [1.165, 1.54) is 5.56 Å². The molecule has 0 saturated carbocycles. The second-order valence-electron chi connectivity index (χ2n) is 19.5. The third-order valence-electron chi connectivity index (χ3n) is 15.2. The van der Waals surface area contributed by atoms with Crippen LogP contribution in [0.1, 0.15) is 0 Å². The highest BCUT2D eigenvalue weighted by molar-refractivity contribution is 6.08. The molecule has 0 unspecified atom stereocenters. The highest BCUT2D eigenvalue weighted by atomic mass is 15.2. The van der Waals surface area contributed by atoms with Crippen LogP contribution in [-0.4, -0.2) is 22.9 Å². The molecule has 4 aromatic heterocycles. The van der Waals surface area contributed by atoms with Gasteiger partial charge in [0.25, 0.3) is 0 Å². The molecular formula is C70H44N6. The van der Waals surface area contributed by atoms with Gasteiger partial charge in [-0.05, 0) is 146 Å². The first-order chi connectivity index (χ1) is 37.7. The maximum absolute atomic E-state index is 9.20. The Morgan fingerprint density at radius 1 is 0.316 bits per heavy atom. The molecule has 0 N–H and O–H groups in total. The van der Waals surface area contributed by atoms with Crippen LogP contribution >= 0.6 is 0 Å². The third kappa shape index (κ3) is 6.77. The quantitative estimate of drug-likeness (QED) is 0.140. The van der Waals surface area contributed by atoms with E-state index < -0.39 is 0 Å². The minimum atomic E-state index is 0.602. The molecule has 4 heterocycles. The van der Waals surface area contributed by atoms with Crippen LogP contribution in [0.25, 0.3) is 138 Å². The van der Waals surface area contributed by atoms with Crippen molar-refractivity contribution in [2.75, 3.05) is 0 Å². The Kier molecular flexibility index (Phi) is 9.84. The molecular weight excluding hydrogens is 925 g/mol. The molecule has 0 aliphatic carbocycles. The summed E-state index contributed by atoms with van der Waals surface area (Å²) in [7, 11) is 0. The van der Waals surface area contributed by atoms with Crippen molar-refractivity contribution in [3.63, 3.8) is 0 Å². The minimum absolute atomic E-state index is 0.602. The highest BCUT2D eigenvalue weighted by Crippen LogP contribution is 2.51. The van der Waals surface area contributed by atoms with Gasteiger partial charge in [-0.15, -0.1) is 0 Å². The molecule has 354 valence electrons. The molecule has 76 heavy (non-hydrogen) atoms. The fraction of sp³-hybridized carbons (Fsp3) is 0. The number of imidazole rings is 3. The smallest absolute Gasteiger partial charge is 0.220 e. The van der Waals surface area contributed by atoms with Crippen LogP contribution in [0.2, 0.25) is 0 Å². The number of fused-ring (bicyclic) bond motifs is 10. The van der Waals surface area contributed by atoms with Gasteiger partial charge >= 0.3 is 0 Å². The van der Waals surface area contributed by atoms with Crippen LogP contribution in [0.3, 0.4) is 0 Å². The van der Waals surface area contributed by atoms with Crippen molar-refractivity contribution in [1.82, 2.24) is 22.9 Å². The van der Waals surface area contributed by atoms with Crippen molar-refractivity contribution in [2.24, 2.45) is 0 Å². The normalized spacial score (nSPS) is 11.7. The van der Waals surface area contributed by atoms with E-state index in [0.29, 0.717) is 5.69 Å². The first-order valence-corrected chi connectivity index (χ1v) is 25.6. The van der Waals surface area contributed by atoms with Gasteiger partial charge in [0, 0.05) is 16.8 Å². The fourth-order valence-electron chi connectivity index (χ4n) is 11.7. The van der Waals surface area contributed by atoms with Crippen LogP contribution in [0, 0.1) is 6.57 Å². The van der Waals surface area contributed by atoms with E-state index in [1.807, 2.05) is 12.1 Å². The van der Waals surface area contributed by atoms with E-state index in [4.69, 9.17) is 4.98 Å². The van der Waals surface area contributed by atoms with Crippen molar-refractivity contribution in [2.45, 2.75) is 0 Å². The monoisotopic (exact) mass is 968 g/mol. The zero-order chi connectivity index (χ0) is 50.3. The molecule has 11 aromatic carbocycles. The summed E-state index contributed by atoms with van der Waals surface area (Å²) in [5, 5.41) is 1.13. The number of benzene rings is 11. The van der Waals surface area contributed by atoms with E-state index in [-0.39, 0.29) is 0 Å². The van der Waals surface area contributed by atoms with Crippen LogP contribution < -0.4 is 0 Å². The lowest BCUT2D eigenvalue weighted by molar-refractivity contribution is 1.11. The second-order valence-corrected chi connectivity index (χ2v) is 19.5. The van der Waals surface area contributed by atoms with Gasteiger partial charge < -0.3 is 0 Å². The van der Waals surface area contributed by atoms with E-state index >= 15 is 0 Å². The topological polar surface area (TPSA) is 35.9 Å². The van der Waals surface area contributed by atoms with Gasteiger partial charge in [-0.1, -0.05) is 188 Å². The van der Waals surface area contributed by atoms with Crippen molar-refractivity contribution in [3.8, 4) is 78.1 Å². The standard InChI is InChI=1S/C70H44N6/c1-71-69-67(48-24-12-4-13-25-48)57(52-32-33-54-44-66-73(55-28-16-6-17-29-55)60-38-35-50(46-20-8-2-9-21-46)40-64(60)75(66)62(54)42-52)45-58(68(69)49-26-14-5-15-27-49)53-34-37-59-63(43-53)76-65-41-51(47-22-10-3-11-23-47)36-39-61(65)74(70(76)72-59)56-30-18-7-19-31-56/h2-45H. The molecule has 6 nitrogen and oxygen atoms in total. The summed E-state index contributed by atoms with van der Waals surface area (Å²) in [5.41, 5.74) is 23.4. The number of rotatable bonds is 8. The molecule has 0 amide bonds. The highest BCUT2D eigenvalue weighted by Gasteiger charge is 2.26. The number of hydrogen-bond donors (Lipinski definition) is 0. The van der Waals surface area contributed by atoms with E-state index in [9.17, 15) is 6.57 Å². The predicted molar refractivity (Wildman–Crippen MR) is 314 cm³/mol. The lowest BCUT2D eigenvalue weighted by Crippen LogP contribution is -1.94. The van der Waals surface area contributed by atoms with Gasteiger partial charge in [-0.25, -0.2) is 9.83 Å². The Bertz CT molecular complexity index is 4480. The van der Waals surface area contributed by atoms with E-state index in [2.05, 4.69) is 278 Å². The molecule has 0 radical (unpaired) electrons. The fourth-order valence-corrected chi connectivity index (χ4v) is 11.7. The Labute approximate surface area is 438 Å². The maximum atomic E-state index is 9.20. The average molecular weight is 969 g/mol. The zero-order valence-corrected chi connectivity index (χ0v) is 41.1. The van der Waals surface area contributed by atoms with Gasteiger partial charge in [0.15, 0.2) is 0 Å². The van der Waals surface area contributed by atoms with Crippen LogP contribution in [0.4, 0.5) is 5.69 Å². The Morgan fingerprint density at radius 3 is 1.29 bits per heavy atom. The Hall–Kier alpha value is -10.5. The Morgan fingerprint density at radius 2 is 0.750 bits per heavy atom. The van der Waals surface area contributed by atoms with Crippen LogP contribution in [0.5, 0.6) is 0 Å². The lowest BCUT2D eigenvalue weighted by Gasteiger charge is -2.21. The van der Waals surface area contributed by atoms with Gasteiger partial charge in [-0.3, -0.25) is 17.9 Å². The molecule has 15 rings (SSSR count). The van der Waals surface area contributed by atoms with Gasteiger partial charge in [-0.2, -0.15) is 0 Å². The zero-order valence-electron chi connectivity index (χ0n) is 41.1. The summed E-state index contributed by atoms with van der Waals surface area (Å²) in [6.45, 7) is 9.20. The Balaban J connectivity index is 1.02. The van der Waals surface area contributed by atoms with Gasteiger partial charge in [0.1, 0.15) is 5.65 Å². The molecule has 0 fully saturated rings. The lowest BCUT2D eigenvalue weighted by atomic mass is 9.83. The molecule has 0 atom stereocenters. The predicted octanol–water partition coefficient (Wildman–Crippen LogP) is 18.3. The van der Waals surface area contributed by atoms with Gasteiger partial charge in [0.2, 0.25) is 11.5 Å². The largest absolute Gasteiger partial charge is 0.294 e. The summed E-state index contributed by atoms with van der Waals surface area (Å²) in [4.78, 5) is 9.94. The third-order valence-corrected chi connectivity index (χ3v) is 15.2. The first-order valence-electron chi connectivity index (χ1n) is 25.6. The number of hydrogen-bond acceptors (Lipinski definition) is 1. The summed E-state index contributed by atoms with van der Waals surface area (Å²) >= 11 is 0. The number of aromatic nitrogens is 5. The molecule has 0 aliphatic rings. The van der Waals surface area contributed by atoms with E-state index in [0.717, 1.165) is 128 Å². The molecule has 0 bridgehead atoms. The van der Waals surface area contributed by atoms with Crippen LogP contribution in [0.15, 0.2) is 267 Å². The van der Waals surface area contributed by atoms with E-state index in [1.54, 1.807) is 0 Å². The molecule has 0 spiro atoms. The summed E-state index contributed by atoms with van der Waals surface area (Å²) in [6.07, 6.45) is 0. The summed E-state index contributed by atoms with van der Waals surface area (Å²) in [6, 6.07) is 94.8. The summed E-state index contributed by atoms with van der Waals surface area (Å²) < 4.78 is 9.36. The minimum Gasteiger partial charge on any atom is -0.294 e. The first kappa shape index (κ1) is 43.1. The molecule has 0 aliphatic heterocycles. The van der Waals surface area contributed by atoms with Crippen LogP contribution in [-0.2, 0) is 0 Å². The number of nitrogens with zero attached hydrogens (tertiary/aromatic N) is 6. The van der Waals surface area contributed by atoms with Crippen molar-refractivity contribution < 1.29 is 0 Å².